The maximum Gasteiger partial charge on any atom is 0.165 e. The summed E-state index contributed by atoms with van der Waals surface area (Å²) in [4.78, 5) is 12.4. The molecule has 15 rings (SSSR count). The Balaban J connectivity index is 1.13. The first-order valence-corrected chi connectivity index (χ1v) is 22.6. The molecular weight excluding hydrogens is 799 g/mol. The van der Waals surface area contributed by atoms with Gasteiger partial charge in [-0.2, -0.15) is 0 Å². The average Bonchev–Trinajstić information content (AvgIpc) is 4.07. The number of para-hydroxylation sites is 5. The molecule has 9 aromatic carbocycles. The van der Waals surface area contributed by atoms with Crippen molar-refractivity contribution < 1.29 is 0 Å². The maximum absolute atomic E-state index is 5.80. The lowest BCUT2D eigenvalue weighted by molar-refractivity contribution is 1.08. The zero-order chi connectivity index (χ0) is 41.6. The standard InChI is InChI=1S/C58H33N5S/c1-2-16-35(17-3-1)61-45-25-11-7-20-38(45)40-31-30-34(32-49(40)61)54-57(59-55-43-24-10-15-29-51(43)64-58(55)60-54)63-48-28-14-9-23-42(48)52-50(63)33-44-39-21-8-13-27-47(39)62-46-26-12-6-19-37(46)36-18-4-5-22-41(36)53(52)56(44)62/h1-33H. The third-order valence-electron chi connectivity index (χ3n) is 13.6. The molecule has 0 saturated heterocycles. The fourth-order valence-electron chi connectivity index (χ4n) is 11.0. The Morgan fingerprint density at radius 2 is 1.00 bits per heavy atom. The summed E-state index contributed by atoms with van der Waals surface area (Å²) < 4.78 is 8.49. The van der Waals surface area contributed by atoms with Crippen molar-refractivity contribution in [2.45, 2.75) is 0 Å². The summed E-state index contributed by atoms with van der Waals surface area (Å²) in [5, 5.41) is 8.34. The van der Waals surface area contributed by atoms with E-state index < -0.39 is 0 Å². The monoisotopic (exact) mass is 831 g/mol. The number of thiophene rings is 1. The van der Waals surface area contributed by atoms with Crippen molar-refractivity contribution >= 4 is 97.2 Å². The highest BCUT2D eigenvalue weighted by molar-refractivity contribution is 7.25. The number of nitrogens with zero attached hydrogens (tertiary/aromatic N) is 5. The Morgan fingerprint density at radius 3 is 1.81 bits per heavy atom. The van der Waals surface area contributed by atoms with Crippen molar-refractivity contribution in [2.24, 2.45) is 0 Å². The number of fused-ring (bicyclic) bond motifs is 18. The second-order valence-electron chi connectivity index (χ2n) is 16.9. The van der Waals surface area contributed by atoms with Crippen molar-refractivity contribution in [1.82, 2.24) is 23.7 Å². The van der Waals surface area contributed by atoms with Crippen LogP contribution in [-0.4, -0.2) is 23.7 Å². The molecule has 6 heterocycles. The number of aromatic nitrogens is 5. The van der Waals surface area contributed by atoms with Gasteiger partial charge in [-0.05, 0) is 65.7 Å². The van der Waals surface area contributed by atoms with Crippen LogP contribution in [0.3, 0.4) is 0 Å². The summed E-state index contributed by atoms with van der Waals surface area (Å²) in [6, 6.07) is 72.9. The van der Waals surface area contributed by atoms with Crippen molar-refractivity contribution in [3.05, 3.63) is 200 Å². The van der Waals surface area contributed by atoms with Crippen LogP contribution in [0.25, 0.3) is 137 Å². The molecule has 0 N–H and O–H groups in total. The Morgan fingerprint density at radius 1 is 0.391 bits per heavy atom. The highest BCUT2D eigenvalue weighted by atomic mass is 32.1. The van der Waals surface area contributed by atoms with Gasteiger partial charge in [-0.1, -0.05) is 146 Å². The second kappa shape index (κ2) is 12.6. The SMILES string of the molecule is c1ccc(-n2c3ccccc3c3ccc(-c4nc5sc6ccccc6c5nc4-n4c5ccccc5c5c6c7c(cc54)c4ccccc4n7-c4ccccc4-c4ccccc4-6)cc32)cc1. The van der Waals surface area contributed by atoms with Crippen LogP contribution in [0.1, 0.15) is 0 Å². The highest BCUT2D eigenvalue weighted by Gasteiger charge is 2.30. The normalized spacial score (nSPS) is 12.4. The quantitative estimate of drug-likeness (QED) is 0.178. The van der Waals surface area contributed by atoms with Crippen LogP contribution in [0, 0.1) is 0 Å². The van der Waals surface area contributed by atoms with Crippen molar-refractivity contribution in [1.29, 1.82) is 0 Å². The molecule has 1 aliphatic rings. The zero-order valence-corrected chi connectivity index (χ0v) is 35.0. The molecule has 0 unspecified atom stereocenters. The van der Waals surface area contributed by atoms with Crippen LogP contribution in [0.2, 0.25) is 0 Å². The van der Waals surface area contributed by atoms with Crippen molar-refractivity contribution in [2.75, 3.05) is 0 Å². The summed E-state index contributed by atoms with van der Waals surface area (Å²) in [5.74, 6) is 0.810. The third-order valence-corrected chi connectivity index (χ3v) is 14.6. The molecule has 6 heteroatoms. The van der Waals surface area contributed by atoms with Crippen LogP contribution >= 0.6 is 11.3 Å². The van der Waals surface area contributed by atoms with E-state index in [0.717, 1.165) is 55.0 Å². The maximum atomic E-state index is 5.80. The van der Waals surface area contributed by atoms with E-state index in [1.165, 1.54) is 81.5 Å². The number of rotatable bonds is 3. The van der Waals surface area contributed by atoms with Crippen molar-refractivity contribution in [3.8, 4) is 50.7 Å². The fraction of sp³-hybridized carbons (Fsp3) is 0. The number of hydrogen-bond acceptors (Lipinski definition) is 3. The Kier molecular flexibility index (Phi) is 6.77. The summed E-state index contributed by atoms with van der Waals surface area (Å²) in [6.45, 7) is 0. The van der Waals surface area contributed by atoms with E-state index in [1.807, 2.05) is 0 Å². The van der Waals surface area contributed by atoms with Gasteiger partial charge in [-0.25, -0.2) is 9.97 Å². The molecular formula is C58H33N5S. The lowest BCUT2D eigenvalue weighted by Crippen LogP contribution is -2.03. The van der Waals surface area contributed by atoms with Crippen molar-refractivity contribution in [3.63, 3.8) is 0 Å². The molecule has 14 aromatic rings. The molecule has 5 nitrogen and oxygen atoms in total. The van der Waals surface area contributed by atoms with Gasteiger partial charge in [-0.15, -0.1) is 11.3 Å². The molecule has 0 fully saturated rings. The van der Waals surface area contributed by atoms with Gasteiger partial charge in [0.25, 0.3) is 0 Å². The Labute approximate surface area is 370 Å². The van der Waals surface area contributed by atoms with Gasteiger partial charge >= 0.3 is 0 Å². The molecule has 296 valence electrons. The molecule has 0 aliphatic carbocycles. The van der Waals surface area contributed by atoms with E-state index in [1.54, 1.807) is 11.3 Å². The van der Waals surface area contributed by atoms with E-state index in [9.17, 15) is 0 Å². The van der Waals surface area contributed by atoms with E-state index in [-0.39, 0.29) is 0 Å². The zero-order valence-electron chi connectivity index (χ0n) is 34.2. The van der Waals surface area contributed by atoms with Gasteiger partial charge < -0.3 is 9.13 Å². The minimum Gasteiger partial charge on any atom is -0.309 e. The van der Waals surface area contributed by atoms with Gasteiger partial charge in [0.15, 0.2) is 5.82 Å². The summed E-state index contributed by atoms with van der Waals surface area (Å²) in [6.07, 6.45) is 0. The average molecular weight is 832 g/mol. The largest absolute Gasteiger partial charge is 0.309 e. The Bertz CT molecular complexity index is 4320. The summed E-state index contributed by atoms with van der Waals surface area (Å²) >= 11 is 1.71. The molecule has 1 aliphatic heterocycles. The van der Waals surface area contributed by atoms with Gasteiger partial charge in [0, 0.05) is 64.8 Å². The molecule has 0 radical (unpaired) electrons. The van der Waals surface area contributed by atoms with Crippen LogP contribution in [-0.2, 0) is 0 Å². The molecule has 0 saturated carbocycles. The molecule has 5 aromatic heterocycles. The number of hydrogen-bond donors (Lipinski definition) is 0. The topological polar surface area (TPSA) is 40.6 Å². The van der Waals surface area contributed by atoms with E-state index in [4.69, 9.17) is 9.97 Å². The van der Waals surface area contributed by atoms with E-state index in [2.05, 4.69) is 214 Å². The van der Waals surface area contributed by atoms with Crippen LogP contribution in [0.4, 0.5) is 0 Å². The summed E-state index contributed by atoms with van der Waals surface area (Å²) in [7, 11) is 0. The molecule has 0 spiro atoms. The lowest BCUT2D eigenvalue weighted by Gasteiger charge is -2.15. The van der Waals surface area contributed by atoms with Crippen LogP contribution in [0.15, 0.2) is 200 Å². The molecule has 64 heavy (non-hydrogen) atoms. The van der Waals surface area contributed by atoms with Gasteiger partial charge in [-0.3, -0.25) is 4.57 Å². The van der Waals surface area contributed by atoms with Gasteiger partial charge in [0.1, 0.15) is 16.0 Å². The highest BCUT2D eigenvalue weighted by Crippen LogP contribution is 2.52. The smallest absolute Gasteiger partial charge is 0.165 e. The predicted molar refractivity (Wildman–Crippen MR) is 268 cm³/mol. The first-order valence-electron chi connectivity index (χ1n) is 21.8. The first-order chi connectivity index (χ1) is 31.8. The van der Waals surface area contributed by atoms with Crippen LogP contribution in [0.5, 0.6) is 0 Å². The summed E-state index contributed by atoms with van der Waals surface area (Å²) in [5.41, 5.74) is 16.9. The molecule has 0 amide bonds. The third kappa shape index (κ3) is 4.46. The minimum absolute atomic E-state index is 0.810. The first kappa shape index (κ1) is 34.3. The Hall–Kier alpha value is -8.32. The van der Waals surface area contributed by atoms with E-state index >= 15 is 0 Å². The molecule has 0 bridgehead atoms. The fourth-order valence-corrected chi connectivity index (χ4v) is 12.0. The van der Waals surface area contributed by atoms with Crippen LogP contribution < -0.4 is 0 Å². The molecule has 0 atom stereocenters. The van der Waals surface area contributed by atoms with Gasteiger partial charge in [0.2, 0.25) is 0 Å². The lowest BCUT2D eigenvalue weighted by atomic mass is 9.91. The second-order valence-corrected chi connectivity index (χ2v) is 17.9. The van der Waals surface area contributed by atoms with Gasteiger partial charge in [0.05, 0.1) is 38.8 Å². The predicted octanol–water partition coefficient (Wildman–Crippen LogP) is 15.5. The minimum atomic E-state index is 0.810. The van der Waals surface area contributed by atoms with E-state index in [0.29, 0.717) is 0 Å². The number of benzene rings is 9.